The molecule has 7 nitrogen and oxygen atoms in total. The van der Waals surface area contributed by atoms with Crippen molar-refractivity contribution < 1.29 is 19.1 Å². The summed E-state index contributed by atoms with van der Waals surface area (Å²) in [5.74, 6) is 1.06. The standard InChI is InChI=1S/C23H25N3O4/c27-20(17-9-11-19(12-10-17)30-18-7-2-1-3-8-18)24-15-6-16-26-21(28)23(25-22(26)29)13-4-5-14-23/h1-3,7-12H,4-6,13-16H2,(H,24,27)(H,25,29). The Labute approximate surface area is 175 Å². The molecular formula is C23H25N3O4. The van der Waals surface area contributed by atoms with E-state index in [2.05, 4.69) is 10.6 Å². The Kier molecular flexibility index (Phi) is 5.70. The van der Waals surface area contributed by atoms with Crippen LogP contribution in [0, 0.1) is 0 Å². The van der Waals surface area contributed by atoms with E-state index in [1.807, 2.05) is 30.3 Å². The van der Waals surface area contributed by atoms with Gasteiger partial charge in [0.1, 0.15) is 17.0 Å². The van der Waals surface area contributed by atoms with Crippen LogP contribution in [0.25, 0.3) is 0 Å². The number of imide groups is 1. The van der Waals surface area contributed by atoms with E-state index in [1.54, 1.807) is 24.3 Å². The summed E-state index contributed by atoms with van der Waals surface area (Å²) in [5.41, 5.74) is -0.153. The van der Waals surface area contributed by atoms with Crippen molar-refractivity contribution in [3.63, 3.8) is 0 Å². The Bertz CT molecular complexity index is 921. The summed E-state index contributed by atoms with van der Waals surface area (Å²) in [6.45, 7) is 0.682. The Hall–Kier alpha value is -3.35. The average molecular weight is 407 g/mol. The van der Waals surface area contributed by atoms with Crippen molar-refractivity contribution in [1.29, 1.82) is 0 Å². The number of nitrogens with one attached hydrogen (secondary N) is 2. The third-order valence-corrected chi connectivity index (χ3v) is 5.64. The summed E-state index contributed by atoms with van der Waals surface area (Å²) in [7, 11) is 0. The van der Waals surface area contributed by atoms with Crippen LogP contribution < -0.4 is 15.4 Å². The van der Waals surface area contributed by atoms with Gasteiger partial charge in [-0.1, -0.05) is 31.0 Å². The van der Waals surface area contributed by atoms with E-state index in [0.717, 1.165) is 31.4 Å². The summed E-state index contributed by atoms with van der Waals surface area (Å²) in [6.07, 6.45) is 3.87. The molecule has 1 saturated carbocycles. The first-order chi connectivity index (χ1) is 14.6. The van der Waals surface area contributed by atoms with Gasteiger partial charge in [-0.3, -0.25) is 14.5 Å². The van der Waals surface area contributed by atoms with Crippen LogP contribution in [0.3, 0.4) is 0 Å². The molecule has 0 unspecified atom stereocenters. The lowest BCUT2D eigenvalue weighted by molar-refractivity contribution is -0.131. The molecule has 0 atom stereocenters. The number of carbonyl (C=O) groups excluding carboxylic acids is 3. The second kappa shape index (κ2) is 8.57. The first-order valence-electron chi connectivity index (χ1n) is 10.3. The van der Waals surface area contributed by atoms with Gasteiger partial charge in [0, 0.05) is 18.7 Å². The molecule has 2 aromatic rings. The zero-order chi connectivity index (χ0) is 21.0. The van der Waals surface area contributed by atoms with Crippen LogP contribution in [0.4, 0.5) is 4.79 Å². The number of para-hydroxylation sites is 1. The quantitative estimate of drug-likeness (QED) is 0.543. The van der Waals surface area contributed by atoms with Crippen molar-refractivity contribution in [1.82, 2.24) is 15.5 Å². The molecular weight excluding hydrogens is 382 g/mol. The highest BCUT2D eigenvalue weighted by Crippen LogP contribution is 2.35. The molecule has 4 rings (SSSR count). The number of hydrogen-bond acceptors (Lipinski definition) is 4. The average Bonchev–Trinajstić information content (AvgIpc) is 3.32. The molecule has 30 heavy (non-hydrogen) atoms. The van der Waals surface area contributed by atoms with Crippen molar-refractivity contribution in [2.24, 2.45) is 0 Å². The normalized spacial score (nSPS) is 17.3. The fraction of sp³-hybridized carbons (Fsp3) is 0.348. The summed E-state index contributed by atoms with van der Waals surface area (Å²) in [4.78, 5) is 38.4. The van der Waals surface area contributed by atoms with Crippen molar-refractivity contribution in [3.8, 4) is 11.5 Å². The van der Waals surface area contributed by atoms with Gasteiger partial charge in [0.25, 0.3) is 11.8 Å². The molecule has 0 bridgehead atoms. The second-order valence-electron chi connectivity index (χ2n) is 7.73. The maximum Gasteiger partial charge on any atom is 0.325 e. The molecule has 7 heteroatoms. The third-order valence-electron chi connectivity index (χ3n) is 5.64. The predicted molar refractivity (Wildman–Crippen MR) is 111 cm³/mol. The molecule has 0 radical (unpaired) electrons. The first-order valence-corrected chi connectivity index (χ1v) is 10.3. The topological polar surface area (TPSA) is 87.7 Å². The van der Waals surface area contributed by atoms with Gasteiger partial charge >= 0.3 is 6.03 Å². The Morgan fingerprint density at radius 3 is 2.37 bits per heavy atom. The van der Waals surface area contributed by atoms with E-state index < -0.39 is 5.54 Å². The molecule has 1 aliphatic carbocycles. The van der Waals surface area contributed by atoms with Gasteiger partial charge < -0.3 is 15.4 Å². The summed E-state index contributed by atoms with van der Waals surface area (Å²) in [5, 5.41) is 5.70. The monoisotopic (exact) mass is 407 g/mol. The Morgan fingerprint density at radius 1 is 1.00 bits per heavy atom. The highest BCUT2D eigenvalue weighted by molar-refractivity contribution is 6.07. The van der Waals surface area contributed by atoms with Crippen LogP contribution in [0.5, 0.6) is 11.5 Å². The molecule has 156 valence electrons. The first kappa shape index (κ1) is 19.9. The van der Waals surface area contributed by atoms with Gasteiger partial charge in [-0.15, -0.1) is 0 Å². The van der Waals surface area contributed by atoms with Gasteiger partial charge in [0.05, 0.1) is 0 Å². The molecule has 2 fully saturated rings. The van der Waals surface area contributed by atoms with E-state index in [0.29, 0.717) is 30.8 Å². The van der Waals surface area contributed by atoms with Gasteiger partial charge in [0.2, 0.25) is 0 Å². The van der Waals surface area contributed by atoms with E-state index in [-0.39, 0.29) is 17.8 Å². The third kappa shape index (κ3) is 4.15. The van der Waals surface area contributed by atoms with Crippen molar-refractivity contribution >= 4 is 17.8 Å². The fourth-order valence-electron chi connectivity index (χ4n) is 4.04. The number of ether oxygens (including phenoxy) is 1. The van der Waals surface area contributed by atoms with E-state index in [4.69, 9.17) is 4.74 Å². The summed E-state index contributed by atoms with van der Waals surface area (Å²) >= 11 is 0. The molecule has 2 aliphatic rings. The van der Waals surface area contributed by atoms with Gasteiger partial charge in [-0.2, -0.15) is 0 Å². The Morgan fingerprint density at radius 2 is 1.67 bits per heavy atom. The van der Waals surface area contributed by atoms with Crippen LogP contribution >= 0.6 is 0 Å². The molecule has 2 aromatic carbocycles. The van der Waals surface area contributed by atoms with E-state index in [1.165, 1.54) is 4.90 Å². The number of urea groups is 1. The van der Waals surface area contributed by atoms with Crippen LogP contribution in [-0.2, 0) is 4.79 Å². The van der Waals surface area contributed by atoms with Crippen molar-refractivity contribution in [3.05, 3.63) is 60.2 Å². The SMILES string of the molecule is O=C(NCCCN1C(=O)NC2(CCCC2)C1=O)c1ccc(Oc2ccccc2)cc1. The number of hydrogen-bond donors (Lipinski definition) is 2. The predicted octanol–water partition coefficient (Wildman–Crippen LogP) is 3.46. The molecule has 1 aliphatic heterocycles. The maximum absolute atomic E-state index is 12.6. The van der Waals surface area contributed by atoms with Gasteiger partial charge in [0.15, 0.2) is 0 Å². The number of rotatable bonds is 7. The van der Waals surface area contributed by atoms with Crippen LogP contribution in [0.15, 0.2) is 54.6 Å². The highest BCUT2D eigenvalue weighted by Gasteiger charge is 2.51. The van der Waals surface area contributed by atoms with Gasteiger partial charge in [-0.25, -0.2) is 4.79 Å². The Balaban J connectivity index is 1.23. The minimum absolute atomic E-state index is 0.120. The summed E-state index contributed by atoms with van der Waals surface area (Å²) < 4.78 is 5.72. The second-order valence-corrected chi connectivity index (χ2v) is 7.73. The zero-order valence-electron chi connectivity index (χ0n) is 16.7. The number of amides is 4. The molecule has 0 aromatic heterocycles. The van der Waals surface area contributed by atoms with Crippen LogP contribution in [-0.4, -0.2) is 41.4 Å². The zero-order valence-corrected chi connectivity index (χ0v) is 16.7. The summed E-state index contributed by atoms with van der Waals surface area (Å²) in [6, 6.07) is 16.0. The highest BCUT2D eigenvalue weighted by atomic mass is 16.5. The largest absolute Gasteiger partial charge is 0.457 e. The molecule has 4 amide bonds. The molecule has 1 spiro atoms. The lowest BCUT2D eigenvalue weighted by Crippen LogP contribution is -2.44. The number of nitrogens with zero attached hydrogens (tertiary/aromatic N) is 1. The molecule has 1 saturated heterocycles. The van der Waals surface area contributed by atoms with Crippen LogP contribution in [0.1, 0.15) is 42.5 Å². The van der Waals surface area contributed by atoms with Crippen molar-refractivity contribution in [2.75, 3.05) is 13.1 Å². The van der Waals surface area contributed by atoms with E-state index >= 15 is 0 Å². The number of benzene rings is 2. The minimum Gasteiger partial charge on any atom is -0.457 e. The van der Waals surface area contributed by atoms with Crippen LogP contribution in [0.2, 0.25) is 0 Å². The molecule has 2 N–H and O–H groups in total. The van der Waals surface area contributed by atoms with E-state index in [9.17, 15) is 14.4 Å². The number of carbonyl (C=O) groups is 3. The minimum atomic E-state index is -0.677. The lowest BCUT2D eigenvalue weighted by atomic mass is 9.98. The van der Waals surface area contributed by atoms with Gasteiger partial charge in [-0.05, 0) is 55.7 Å². The lowest BCUT2D eigenvalue weighted by Gasteiger charge is -2.20. The van der Waals surface area contributed by atoms with Crippen molar-refractivity contribution in [2.45, 2.75) is 37.6 Å². The maximum atomic E-state index is 12.6. The smallest absolute Gasteiger partial charge is 0.325 e. The fourth-order valence-corrected chi connectivity index (χ4v) is 4.04. The molecule has 1 heterocycles.